The monoisotopic (exact) mass is 214 g/mol. The van der Waals surface area contributed by atoms with E-state index in [2.05, 4.69) is 55.4 Å². The van der Waals surface area contributed by atoms with Crippen LogP contribution in [0.15, 0.2) is 36.4 Å². The van der Waals surface area contributed by atoms with Crippen molar-refractivity contribution in [3.05, 3.63) is 42.0 Å². The first-order chi connectivity index (χ1) is 7.61. The molecule has 2 heteroatoms. The number of benzene rings is 2. The zero-order valence-corrected chi connectivity index (χ0v) is 10.1. The van der Waals surface area contributed by atoms with Crippen molar-refractivity contribution in [2.24, 2.45) is 5.73 Å². The molecule has 0 saturated heterocycles. The molecule has 0 bridgehead atoms. The highest BCUT2D eigenvalue weighted by molar-refractivity contribution is 5.96. The van der Waals surface area contributed by atoms with Gasteiger partial charge in [-0.05, 0) is 23.9 Å². The molecule has 2 N–H and O–H groups in total. The van der Waals surface area contributed by atoms with Crippen molar-refractivity contribution in [2.75, 3.05) is 19.0 Å². The van der Waals surface area contributed by atoms with Gasteiger partial charge in [-0.15, -0.1) is 0 Å². The molecule has 0 amide bonds. The summed E-state index contributed by atoms with van der Waals surface area (Å²) in [4.78, 5) is 2.13. The lowest BCUT2D eigenvalue weighted by Gasteiger charge is -2.18. The second-order valence-electron chi connectivity index (χ2n) is 4.40. The summed E-state index contributed by atoms with van der Waals surface area (Å²) in [7, 11) is 4.13. The maximum absolute atomic E-state index is 5.99. The molecule has 1 atom stereocenters. The van der Waals surface area contributed by atoms with Crippen LogP contribution in [0.4, 0.5) is 5.69 Å². The van der Waals surface area contributed by atoms with Crippen molar-refractivity contribution in [3.8, 4) is 0 Å². The molecule has 0 radical (unpaired) electrons. The van der Waals surface area contributed by atoms with Gasteiger partial charge in [0.15, 0.2) is 0 Å². The minimum absolute atomic E-state index is 0.0705. The number of hydrogen-bond donors (Lipinski definition) is 1. The van der Waals surface area contributed by atoms with Crippen LogP contribution in [0.3, 0.4) is 0 Å². The van der Waals surface area contributed by atoms with Crippen molar-refractivity contribution in [3.63, 3.8) is 0 Å². The lowest BCUT2D eigenvalue weighted by Crippen LogP contribution is -2.11. The molecule has 0 aliphatic heterocycles. The zero-order valence-electron chi connectivity index (χ0n) is 10.1. The van der Waals surface area contributed by atoms with Gasteiger partial charge < -0.3 is 10.6 Å². The lowest BCUT2D eigenvalue weighted by atomic mass is 9.98. The molecule has 2 nitrogen and oxygen atoms in total. The van der Waals surface area contributed by atoms with Gasteiger partial charge >= 0.3 is 0 Å². The van der Waals surface area contributed by atoms with Crippen LogP contribution in [0, 0.1) is 0 Å². The summed E-state index contributed by atoms with van der Waals surface area (Å²) >= 11 is 0. The average molecular weight is 214 g/mol. The van der Waals surface area contributed by atoms with Crippen molar-refractivity contribution < 1.29 is 0 Å². The maximum Gasteiger partial charge on any atom is 0.0440 e. The van der Waals surface area contributed by atoms with Crippen LogP contribution in [-0.2, 0) is 0 Å². The molecule has 2 rings (SSSR count). The minimum Gasteiger partial charge on any atom is -0.377 e. The topological polar surface area (TPSA) is 29.3 Å². The summed E-state index contributed by atoms with van der Waals surface area (Å²) in [6.07, 6.45) is 0. The van der Waals surface area contributed by atoms with E-state index in [4.69, 9.17) is 5.73 Å². The Morgan fingerprint density at radius 3 is 2.19 bits per heavy atom. The van der Waals surface area contributed by atoms with Crippen LogP contribution in [0.1, 0.15) is 18.5 Å². The molecule has 16 heavy (non-hydrogen) atoms. The predicted molar refractivity (Wildman–Crippen MR) is 70.9 cm³/mol. The highest BCUT2D eigenvalue weighted by Gasteiger charge is 2.09. The van der Waals surface area contributed by atoms with Gasteiger partial charge in [0.2, 0.25) is 0 Å². The van der Waals surface area contributed by atoms with Crippen molar-refractivity contribution in [2.45, 2.75) is 13.0 Å². The lowest BCUT2D eigenvalue weighted by molar-refractivity contribution is 0.826. The summed E-state index contributed by atoms with van der Waals surface area (Å²) in [6.45, 7) is 2.02. The Morgan fingerprint density at radius 1 is 1.00 bits per heavy atom. The molecule has 0 heterocycles. The van der Waals surface area contributed by atoms with Gasteiger partial charge in [-0.25, -0.2) is 0 Å². The predicted octanol–water partition coefficient (Wildman–Crippen LogP) is 2.93. The number of nitrogens with two attached hydrogens (primary N) is 1. The smallest absolute Gasteiger partial charge is 0.0440 e. The van der Waals surface area contributed by atoms with Crippen LogP contribution < -0.4 is 10.6 Å². The van der Waals surface area contributed by atoms with E-state index < -0.39 is 0 Å². The van der Waals surface area contributed by atoms with Gasteiger partial charge in [-0.1, -0.05) is 30.3 Å². The number of hydrogen-bond acceptors (Lipinski definition) is 2. The second-order valence-corrected chi connectivity index (χ2v) is 4.40. The third-order valence-electron chi connectivity index (χ3n) is 2.91. The third-order valence-corrected chi connectivity index (χ3v) is 2.91. The van der Waals surface area contributed by atoms with E-state index >= 15 is 0 Å². The van der Waals surface area contributed by atoms with Gasteiger partial charge in [-0.2, -0.15) is 0 Å². The first-order valence-electron chi connectivity index (χ1n) is 5.56. The van der Waals surface area contributed by atoms with Crippen molar-refractivity contribution in [1.82, 2.24) is 0 Å². The minimum atomic E-state index is 0.0705. The fourth-order valence-corrected chi connectivity index (χ4v) is 2.09. The summed E-state index contributed by atoms with van der Waals surface area (Å²) in [5.41, 5.74) is 8.44. The Bertz CT molecular complexity index is 455. The number of rotatable bonds is 2. The van der Waals surface area contributed by atoms with E-state index in [1.54, 1.807) is 0 Å². The largest absolute Gasteiger partial charge is 0.377 e. The molecule has 0 saturated carbocycles. The second kappa shape index (κ2) is 4.14. The van der Waals surface area contributed by atoms with E-state index in [0.29, 0.717) is 0 Å². The van der Waals surface area contributed by atoms with E-state index in [9.17, 15) is 0 Å². The average Bonchev–Trinajstić information content (AvgIpc) is 2.27. The standard InChI is InChI=1S/C14H18N2/c1-10(15)11-8-9-14(16(2)3)13-7-5-4-6-12(11)13/h4-10H,15H2,1-3H3. The molecule has 2 aromatic rings. The summed E-state index contributed by atoms with van der Waals surface area (Å²) in [5.74, 6) is 0. The zero-order chi connectivity index (χ0) is 11.7. The Balaban J connectivity index is 2.77. The Morgan fingerprint density at radius 2 is 1.62 bits per heavy atom. The number of nitrogens with zero attached hydrogens (tertiary/aromatic N) is 1. The maximum atomic E-state index is 5.99. The summed E-state index contributed by atoms with van der Waals surface area (Å²) in [6, 6.07) is 12.8. The van der Waals surface area contributed by atoms with Crippen LogP contribution >= 0.6 is 0 Å². The van der Waals surface area contributed by atoms with Crippen LogP contribution in [0.5, 0.6) is 0 Å². The first kappa shape index (κ1) is 11.0. The van der Waals surface area contributed by atoms with Gasteiger partial charge in [0.1, 0.15) is 0 Å². The SMILES string of the molecule is CC(N)c1ccc(N(C)C)c2ccccc12. The Labute approximate surface area is 96.7 Å². The molecular formula is C14H18N2. The third kappa shape index (κ3) is 1.76. The fourth-order valence-electron chi connectivity index (χ4n) is 2.09. The molecule has 1 unspecified atom stereocenters. The van der Waals surface area contributed by atoms with E-state index in [0.717, 1.165) is 0 Å². The quantitative estimate of drug-likeness (QED) is 0.832. The van der Waals surface area contributed by atoms with Crippen LogP contribution in [0.2, 0.25) is 0 Å². The van der Waals surface area contributed by atoms with E-state index in [-0.39, 0.29) is 6.04 Å². The van der Waals surface area contributed by atoms with Gasteiger partial charge in [-0.3, -0.25) is 0 Å². The van der Waals surface area contributed by atoms with Gasteiger partial charge in [0, 0.05) is 31.2 Å². The van der Waals surface area contributed by atoms with Gasteiger partial charge in [0.05, 0.1) is 0 Å². The molecule has 0 aliphatic carbocycles. The van der Waals surface area contributed by atoms with Crippen molar-refractivity contribution >= 4 is 16.5 Å². The van der Waals surface area contributed by atoms with Crippen molar-refractivity contribution in [1.29, 1.82) is 0 Å². The molecule has 84 valence electrons. The first-order valence-corrected chi connectivity index (χ1v) is 5.56. The fraction of sp³-hybridized carbons (Fsp3) is 0.286. The highest BCUT2D eigenvalue weighted by Crippen LogP contribution is 2.30. The molecule has 0 aromatic heterocycles. The highest BCUT2D eigenvalue weighted by atomic mass is 15.1. The Kier molecular flexibility index (Phi) is 2.84. The molecule has 0 fully saturated rings. The van der Waals surface area contributed by atoms with Gasteiger partial charge in [0.25, 0.3) is 0 Å². The summed E-state index contributed by atoms with van der Waals surface area (Å²) in [5, 5.41) is 2.52. The molecule has 0 spiro atoms. The summed E-state index contributed by atoms with van der Waals surface area (Å²) < 4.78 is 0. The van der Waals surface area contributed by atoms with Crippen LogP contribution in [0.25, 0.3) is 10.8 Å². The number of fused-ring (bicyclic) bond motifs is 1. The van der Waals surface area contributed by atoms with E-state index in [1.807, 2.05) is 6.92 Å². The Hall–Kier alpha value is -1.54. The molecule has 0 aliphatic rings. The normalized spacial score (nSPS) is 12.8. The molecule has 2 aromatic carbocycles. The van der Waals surface area contributed by atoms with E-state index in [1.165, 1.54) is 22.0 Å². The molecular weight excluding hydrogens is 196 g/mol. The van der Waals surface area contributed by atoms with Crippen LogP contribution in [-0.4, -0.2) is 14.1 Å². The number of anilines is 1.